The summed E-state index contributed by atoms with van der Waals surface area (Å²) in [4.78, 5) is 19.7. The van der Waals surface area contributed by atoms with Gasteiger partial charge in [-0.2, -0.15) is 4.37 Å². The van der Waals surface area contributed by atoms with Gasteiger partial charge in [-0.15, -0.1) is 0 Å². The molecule has 0 saturated carbocycles. The zero-order chi connectivity index (χ0) is 20.0. The van der Waals surface area contributed by atoms with Gasteiger partial charge in [0.2, 0.25) is 0 Å². The lowest BCUT2D eigenvalue weighted by Gasteiger charge is -2.38. The molecule has 2 aromatic heterocycles. The third-order valence-electron chi connectivity index (χ3n) is 5.54. The smallest absolute Gasteiger partial charge is 0.325 e. The Hall–Kier alpha value is -2.42. The molecule has 2 aromatic carbocycles. The number of nitrogens with one attached hydrogen (secondary N) is 1. The number of aromatic amines is 1. The summed E-state index contributed by atoms with van der Waals surface area (Å²) in [6.07, 6.45) is 1.83. The molecule has 1 aliphatic heterocycles. The lowest BCUT2D eigenvalue weighted by atomic mass is 10.0. The second-order valence-electron chi connectivity index (χ2n) is 7.20. The maximum absolute atomic E-state index is 12.2. The molecule has 8 heteroatoms. The first-order valence-corrected chi connectivity index (χ1v) is 11.0. The van der Waals surface area contributed by atoms with E-state index < -0.39 is 12.0 Å². The number of H-pyrrole nitrogens is 1. The van der Waals surface area contributed by atoms with Gasteiger partial charge in [-0.05, 0) is 35.8 Å². The normalized spacial score (nSPS) is 16.5. The SMILES string of the molecule is O=C(O)[C@@H](c1c[nH]c2cc(Br)ccc12)N1CCN(c2nsc3ccccc23)CC1. The van der Waals surface area contributed by atoms with Gasteiger partial charge in [0.15, 0.2) is 0 Å². The molecule has 1 atom stereocenters. The molecule has 29 heavy (non-hydrogen) atoms. The van der Waals surface area contributed by atoms with Crippen LogP contribution in [0.5, 0.6) is 0 Å². The van der Waals surface area contributed by atoms with E-state index in [4.69, 9.17) is 0 Å². The Bertz CT molecular complexity index is 1200. The summed E-state index contributed by atoms with van der Waals surface area (Å²) in [5, 5.41) is 12.1. The van der Waals surface area contributed by atoms with Crippen LogP contribution in [0.4, 0.5) is 5.82 Å². The number of rotatable bonds is 4. The van der Waals surface area contributed by atoms with E-state index in [2.05, 4.69) is 47.2 Å². The third-order valence-corrected chi connectivity index (χ3v) is 6.85. The van der Waals surface area contributed by atoms with Gasteiger partial charge in [-0.3, -0.25) is 9.69 Å². The van der Waals surface area contributed by atoms with Gasteiger partial charge < -0.3 is 15.0 Å². The minimum atomic E-state index is -0.818. The molecule has 0 radical (unpaired) electrons. The third kappa shape index (κ3) is 3.31. The maximum atomic E-state index is 12.2. The first-order chi connectivity index (χ1) is 14.1. The van der Waals surface area contributed by atoms with Crippen LogP contribution in [0.2, 0.25) is 0 Å². The molecule has 1 aliphatic rings. The summed E-state index contributed by atoms with van der Waals surface area (Å²) < 4.78 is 6.79. The average molecular weight is 471 g/mol. The molecule has 0 unspecified atom stereocenters. The fourth-order valence-corrected chi connectivity index (χ4v) is 5.28. The number of carboxylic acid groups (broad SMARTS) is 1. The summed E-state index contributed by atoms with van der Waals surface area (Å²) in [6.45, 7) is 2.86. The number of fused-ring (bicyclic) bond motifs is 2. The molecule has 0 amide bonds. The second kappa shape index (κ2) is 7.44. The fourth-order valence-electron chi connectivity index (χ4n) is 4.13. The highest BCUT2D eigenvalue weighted by Crippen LogP contribution is 2.33. The molecule has 1 saturated heterocycles. The first-order valence-electron chi connectivity index (χ1n) is 9.44. The van der Waals surface area contributed by atoms with Crippen molar-refractivity contribution >= 4 is 60.2 Å². The number of hydrogen-bond donors (Lipinski definition) is 2. The van der Waals surface area contributed by atoms with Gasteiger partial charge in [0.05, 0.1) is 4.70 Å². The molecule has 5 rings (SSSR count). The Balaban J connectivity index is 1.39. The van der Waals surface area contributed by atoms with Gasteiger partial charge in [0, 0.05) is 58.7 Å². The number of benzene rings is 2. The Morgan fingerprint density at radius 1 is 1.14 bits per heavy atom. The Labute approximate surface area is 180 Å². The van der Waals surface area contributed by atoms with Gasteiger partial charge in [0.25, 0.3) is 0 Å². The first kappa shape index (κ1) is 18.6. The van der Waals surface area contributed by atoms with Gasteiger partial charge in [-0.1, -0.05) is 34.1 Å². The molecule has 0 bridgehead atoms. The number of aliphatic carboxylic acids is 1. The average Bonchev–Trinajstić information content (AvgIpc) is 3.33. The van der Waals surface area contributed by atoms with E-state index in [-0.39, 0.29) is 0 Å². The molecule has 0 aliphatic carbocycles. The van der Waals surface area contributed by atoms with Crippen molar-refractivity contribution in [2.75, 3.05) is 31.1 Å². The summed E-state index contributed by atoms with van der Waals surface area (Å²) >= 11 is 4.98. The van der Waals surface area contributed by atoms with E-state index in [1.54, 1.807) is 0 Å². The molecular formula is C21H19BrN4O2S. The predicted molar refractivity (Wildman–Crippen MR) is 120 cm³/mol. The minimum absolute atomic E-state index is 0.667. The van der Waals surface area contributed by atoms with Crippen molar-refractivity contribution in [1.29, 1.82) is 0 Å². The lowest BCUT2D eigenvalue weighted by Crippen LogP contribution is -2.49. The number of carboxylic acids is 1. The van der Waals surface area contributed by atoms with E-state index in [1.807, 2.05) is 36.5 Å². The van der Waals surface area contributed by atoms with Crippen LogP contribution in [0, 0.1) is 0 Å². The number of piperazine rings is 1. The molecule has 3 heterocycles. The number of halogens is 1. The molecule has 148 valence electrons. The lowest BCUT2D eigenvalue weighted by molar-refractivity contribution is -0.143. The largest absolute Gasteiger partial charge is 0.480 e. The molecule has 6 nitrogen and oxygen atoms in total. The van der Waals surface area contributed by atoms with Crippen LogP contribution in [0.1, 0.15) is 11.6 Å². The summed E-state index contributed by atoms with van der Waals surface area (Å²) in [6, 6.07) is 13.5. The molecule has 2 N–H and O–H groups in total. The highest BCUT2D eigenvalue weighted by Gasteiger charge is 2.32. The summed E-state index contributed by atoms with van der Waals surface area (Å²) in [5.41, 5.74) is 1.75. The van der Waals surface area contributed by atoms with Gasteiger partial charge >= 0.3 is 5.97 Å². The van der Waals surface area contributed by atoms with Crippen molar-refractivity contribution in [2.45, 2.75) is 6.04 Å². The van der Waals surface area contributed by atoms with Crippen LogP contribution in [-0.2, 0) is 4.79 Å². The van der Waals surface area contributed by atoms with Crippen LogP contribution >= 0.6 is 27.5 Å². The quantitative estimate of drug-likeness (QED) is 0.459. The highest BCUT2D eigenvalue weighted by molar-refractivity contribution is 9.10. The number of nitrogens with zero attached hydrogens (tertiary/aromatic N) is 3. The maximum Gasteiger partial charge on any atom is 0.325 e. The zero-order valence-corrected chi connectivity index (χ0v) is 17.9. The van der Waals surface area contributed by atoms with E-state index in [9.17, 15) is 9.90 Å². The van der Waals surface area contributed by atoms with Crippen LogP contribution in [0.25, 0.3) is 21.0 Å². The van der Waals surface area contributed by atoms with Gasteiger partial charge in [-0.25, -0.2) is 0 Å². The molecular weight excluding hydrogens is 452 g/mol. The topological polar surface area (TPSA) is 72.5 Å². The van der Waals surface area contributed by atoms with E-state index >= 15 is 0 Å². The predicted octanol–water partition coefficient (Wildman–Crippen LogP) is 4.49. The number of aromatic nitrogens is 2. The Kier molecular flexibility index (Phi) is 4.77. The number of carbonyl (C=O) groups is 1. The summed E-state index contributed by atoms with van der Waals surface area (Å²) in [7, 11) is 0. The van der Waals surface area contributed by atoms with E-state index in [0.29, 0.717) is 13.1 Å². The molecule has 4 aromatic rings. The number of hydrogen-bond acceptors (Lipinski definition) is 5. The van der Waals surface area contributed by atoms with Crippen molar-refractivity contribution in [3.8, 4) is 0 Å². The van der Waals surface area contributed by atoms with Crippen LogP contribution in [-0.4, -0.2) is 51.5 Å². The number of anilines is 1. The standard InChI is InChI=1S/C21H19BrN4O2S/c22-13-5-6-14-16(12-23-17(14)11-13)19(21(27)28)25-7-9-26(10-8-25)20-15-3-1-2-4-18(15)29-24-20/h1-6,11-12,19,23H,7-10H2,(H,27,28)/t19-/m1/s1. The van der Waals surface area contributed by atoms with Crippen molar-refractivity contribution < 1.29 is 9.90 Å². The molecule has 1 fully saturated rings. The van der Waals surface area contributed by atoms with Crippen LogP contribution < -0.4 is 4.90 Å². The zero-order valence-electron chi connectivity index (χ0n) is 15.5. The fraction of sp³-hybridized carbons (Fsp3) is 0.238. The van der Waals surface area contributed by atoms with Crippen molar-refractivity contribution in [2.24, 2.45) is 0 Å². The van der Waals surface area contributed by atoms with Crippen molar-refractivity contribution in [1.82, 2.24) is 14.3 Å². The van der Waals surface area contributed by atoms with Crippen molar-refractivity contribution in [3.63, 3.8) is 0 Å². The van der Waals surface area contributed by atoms with E-state index in [1.165, 1.54) is 21.6 Å². The van der Waals surface area contributed by atoms with Crippen LogP contribution in [0.3, 0.4) is 0 Å². The van der Waals surface area contributed by atoms with Gasteiger partial charge in [0.1, 0.15) is 11.9 Å². The van der Waals surface area contributed by atoms with Crippen LogP contribution in [0.15, 0.2) is 53.1 Å². The Morgan fingerprint density at radius 3 is 2.72 bits per heavy atom. The minimum Gasteiger partial charge on any atom is -0.480 e. The van der Waals surface area contributed by atoms with Crippen molar-refractivity contribution in [3.05, 3.63) is 58.7 Å². The second-order valence-corrected chi connectivity index (χ2v) is 8.92. The summed E-state index contributed by atoms with van der Waals surface area (Å²) in [5.74, 6) is 0.190. The molecule has 0 spiro atoms. The Morgan fingerprint density at radius 2 is 1.93 bits per heavy atom. The van der Waals surface area contributed by atoms with E-state index in [0.717, 1.165) is 39.8 Å². The highest BCUT2D eigenvalue weighted by atomic mass is 79.9. The monoisotopic (exact) mass is 470 g/mol.